The van der Waals surface area contributed by atoms with Gasteiger partial charge in [-0.1, -0.05) is 42.5 Å². The molecule has 2 saturated heterocycles. The number of nitrogens with zero attached hydrogens (tertiary/aromatic N) is 1. The van der Waals surface area contributed by atoms with E-state index in [0.717, 1.165) is 19.4 Å². The molecular weight excluding hydrogens is 315 g/mol. The van der Waals surface area contributed by atoms with Crippen LogP contribution in [0.3, 0.4) is 0 Å². The zero-order valence-electron chi connectivity index (χ0n) is 14.2. The van der Waals surface area contributed by atoms with Crippen molar-refractivity contribution in [2.24, 2.45) is 0 Å². The van der Waals surface area contributed by atoms with Crippen molar-refractivity contribution in [1.29, 1.82) is 0 Å². The molecule has 2 aromatic rings. The van der Waals surface area contributed by atoms with Gasteiger partial charge in [-0.05, 0) is 43.4 Å². The van der Waals surface area contributed by atoms with E-state index in [4.69, 9.17) is 0 Å². The van der Waals surface area contributed by atoms with Crippen molar-refractivity contribution < 1.29 is 9.18 Å². The SMILES string of the molecule is O=C(NC1C[C@H]2CC[C@H](C1)N2Cc1ccccc1)c1ccccc1F. The lowest BCUT2D eigenvalue weighted by Gasteiger charge is -2.39. The summed E-state index contributed by atoms with van der Waals surface area (Å²) in [5.74, 6) is -0.747. The Bertz CT molecular complexity index is 735. The van der Waals surface area contributed by atoms with Gasteiger partial charge >= 0.3 is 0 Å². The van der Waals surface area contributed by atoms with E-state index in [0.29, 0.717) is 12.1 Å². The minimum absolute atomic E-state index is 0.136. The fourth-order valence-corrected chi connectivity index (χ4v) is 4.35. The summed E-state index contributed by atoms with van der Waals surface area (Å²) in [5, 5.41) is 3.06. The van der Waals surface area contributed by atoms with Crippen LogP contribution in [-0.2, 0) is 6.54 Å². The molecule has 3 nitrogen and oxygen atoms in total. The summed E-state index contributed by atoms with van der Waals surface area (Å²) >= 11 is 0. The first-order valence-electron chi connectivity index (χ1n) is 9.06. The second-order valence-electron chi connectivity index (χ2n) is 7.16. The molecule has 2 fully saturated rings. The first-order chi connectivity index (χ1) is 12.2. The molecule has 0 aromatic heterocycles. The quantitative estimate of drug-likeness (QED) is 0.921. The van der Waals surface area contributed by atoms with E-state index in [1.807, 2.05) is 6.07 Å². The number of nitrogens with one attached hydrogen (secondary N) is 1. The predicted octanol–water partition coefficient (Wildman–Crippen LogP) is 3.75. The van der Waals surface area contributed by atoms with Gasteiger partial charge < -0.3 is 5.32 Å². The molecule has 0 unspecified atom stereocenters. The Hall–Kier alpha value is -2.20. The molecule has 2 aliphatic heterocycles. The van der Waals surface area contributed by atoms with Gasteiger partial charge in [0.1, 0.15) is 5.82 Å². The summed E-state index contributed by atoms with van der Waals surface area (Å²) in [5.41, 5.74) is 1.48. The summed E-state index contributed by atoms with van der Waals surface area (Å²) in [6.45, 7) is 0.976. The number of carbonyl (C=O) groups excluding carboxylic acids is 1. The Morgan fingerprint density at radius 1 is 1.00 bits per heavy atom. The maximum atomic E-state index is 13.8. The van der Waals surface area contributed by atoms with Crippen molar-refractivity contribution in [3.63, 3.8) is 0 Å². The molecular formula is C21H23FN2O. The number of carbonyl (C=O) groups is 1. The van der Waals surface area contributed by atoms with Crippen LogP contribution in [0.4, 0.5) is 4.39 Å². The van der Waals surface area contributed by atoms with Gasteiger partial charge in [0.2, 0.25) is 0 Å². The van der Waals surface area contributed by atoms with Gasteiger partial charge in [0.05, 0.1) is 5.56 Å². The van der Waals surface area contributed by atoms with Crippen LogP contribution in [0.25, 0.3) is 0 Å². The number of amides is 1. The molecule has 25 heavy (non-hydrogen) atoms. The first-order valence-corrected chi connectivity index (χ1v) is 9.06. The Kier molecular flexibility index (Phi) is 4.53. The van der Waals surface area contributed by atoms with E-state index in [1.165, 1.54) is 24.5 Å². The normalized spacial score (nSPS) is 25.7. The van der Waals surface area contributed by atoms with Crippen LogP contribution in [0.15, 0.2) is 54.6 Å². The lowest BCUT2D eigenvalue weighted by Crippen LogP contribution is -2.50. The largest absolute Gasteiger partial charge is 0.349 e. The third-order valence-corrected chi connectivity index (χ3v) is 5.55. The lowest BCUT2D eigenvalue weighted by molar-refractivity contribution is 0.0824. The number of hydrogen-bond acceptors (Lipinski definition) is 2. The average Bonchev–Trinajstić information content (AvgIpc) is 2.85. The molecule has 4 heteroatoms. The number of hydrogen-bond donors (Lipinski definition) is 1. The molecule has 2 heterocycles. The van der Waals surface area contributed by atoms with Gasteiger partial charge in [0, 0.05) is 24.7 Å². The van der Waals surface area contributed by atoms with Gasteiger partial charge in [-0.15, -0.1) is 0 Å². The summed E-state index contributed by atoms with van der Waals surface area (Å²) in [7, 11) is 0. The molecule has 0 radical (unpaired) electrons. The van der Waals surface area contributed by atoms with Crippen LogP contribution in [-0.4, -0.2) is 28.9 Å². The van der Waals surface area contributed by atoms with E-state index < -0.39 is 5.82 Å². The van der Waals surface area contributed by atoms with Crippen molar-refractivity contribution in [1.82, 2.24) is 10.2 Å². The summed E-state index contributed by atoms with van der Waals surface area (Å²) in [6.07, 6.45) is 4.26. The molecule has 2 aliphatic rings. The zero-order chi connectivity index (χ0) is 17.2. The van der Waals surface area contributed by atoms with E-state index in [1.54, 1.807) is 18.2 Å². The van der Waals surface area contributed by atoms with Gasteiger partial charge in [-0.25, -0.2) is 4.39 Å². The minimum atomic E-state index is -0.454. The van der Waals surface area contributed by atoms with E-state index in [-0.39, 0.29) is 17.5 Å². The standard InChI is InChI=1S/C21H23FN2O/c22-20-9-5-4-8-19(20)21(25)23-16-12-17-10-11-18(13-16)24(17)14-15-6-2-1-3-7-15/h1-9,16-18H,10-14H2,(H,23,25)/t17-,18-/m1/s1. The molecule has 0 saturated carbocycles. The van der Waals surface area contributed by atoms with Gasteiger partial charge in [-0.3, -0.25) is 9.69 Å². The van der Waals surface area contributed by atoms with Crippen molar-refractivity contribution in [2.75, 3.05) is 0 Å². The van der Waals surface area contributed by atoms with E-state index in [9.17, 15) is 9.18 Å². The Morgan fingerprint density at radius 3 is 2.32 bits per heavy atom. The number of benzene rings is 2. The molecule has 2 bridgehead atoms. The van der Waals surface area contributed by atoms with Crippen molar-refractivity contribution in [3.05, 3.63) is 71.5 Å². The number of piperidine rings is 1. The molecule has 1 N–H and O–H groups in total. The highest BCUT2D eigenvalue weighted by Crippen LogP contribution is 2.36. The average molecular weight is 338 g/mol. The second kappa shape index (κ2) is 6.96. The van der Waals surface area contributed by atoms with Crippen molar-refractivity contribution in [3.8, 4) is 0 Å². The minimum Gasteiger partial charge on any atom is -0.349 e. The van der Waals surface area contributed by atoms with Crippen LogP contribution >= 0.6 is 0 Å². The summed E-state index contributed by atoms with van der Waals surface area (Å²) < 4.78 is 13.8. The Morgan fingerprint density at radius 2 is 1.64 bits per heavy atom. The summed E-state index contributed by atoms with van der Waals surface area (Å²) in [4.78, 5) is 15.0. The molecule has 4 rings (SSSR count). The Labute approximate surface area is 147 Å². The van der Waals surface area contributed by atoms with Gasteiger partial charge in [0.15, 0.2) is 0 Å². The summed E-state index contributed by atoms with van der Waals surface area (Å²) in [6, 6.07) is 17.9. The van der Waals surface area contributed by atoms with Crippen LogP contribution < -0.4 is 5.32 Å². The second-order valence-corrected chi connectivity index (χ2v) is 7.16. The fraction of sp³-hybridized carbons (Fsp3) is 0.381. The third kappa shape index (κ3) is 3.45. The highest BCUT2D eigenvalue weighted by molar-refractivity contribution is 5.94. The van der Waals surface area contributed by atoms with E-state index >= 15 is 0 Å². The maximum Gasteiger partial charge on any atom is 0.254 e. The predicted molar refractivity (Wildman–Crippen MR) is 95.7 cm³/mol. The van der Waals surface area contributed by atoms with Gasteiger partial charge in [-0.2, -0.15) is 0 Å². The topological polar surface area (TPSA) is 32.3 Å². The lowest BCUT2D eigenvalue weighted by atomic mass is 9.96. The van der Waals surface area contributed by atoms with E-state index in [2.05, 4.69) is 34.5 Å². The highest BCUT2D eigenvalue weighted by atomic mass is 19.1. The fourth-order valence-electron chi connectivity index (χ4n) is 4.35. The first kappa shape index (κ1) is 16.3. The number of rotatable bonds is 4. The Balaban J connectivity index is 1.40. The molecule has 2 atom stereocenters. The zero-order valence-corrected chi connectivity index (χ0v) is 14.2. The number of halogens is 1. The van der Waals surface area contributed by atoms with Crippen molar-refractivity contribution in [2.45, 2.75) is 50.4 Å². The van der Waals surface area contributed by atoms with Crippen LogP contribution in [0, 0.1) is 5.82 Å². The maximum absolute atomic E-state index is 13.8. The molecule has 2 aromatic carbocycles. The molecule has 1 amide bonds. The van der Waals surface area contributed by atoms with Crippen LogP contribution in [0.2, 0.25) is 0 Å². The molecule has 0 aliphatic carbocycles. The smallest absolute Gasteiger partial charge is 0.254 e. The monoisotopic (exact) mass is 338 g/mol. The highest BCUT2D eigenvalue weighted by Gasteiger charge is 2.41. The molecule has 0 spiro atoms. The van der Waals surface area contributed by atoms with Crippen molar-refractivity contribution >= 4 is 5.91 Å². The van der Waals surface area contributed by atoms with Crippen LogP contribution in [0.1, 0.15) is 41.6 Å². The van der Waals surface area contributed by atoms with Gasteiger partial charge in [0.25, 0.3) is 5.91 Å². The number of fused-ring (bicyclic) bond motifs is 2. The molecule has 130 valence electrons. The third-order valence-electron chi connectivity index (χ3n) is 5.55. The van der Waals surface area contributed by atoms with Crippen LogP contribution in [0.5, 0.6) is 0 Å².